The van der Waals surface area contributed by atoms with E-state index in [1.54, 1.807) is 14.2 Å². The molecule has 4 nitrogen and oxygen atoms in total. The lowest BCUT2D eigenvalue weighted by Crippen LogP contribution is -2.41. The molecule has 17 heavy (non-hydrogen) atoms. The summed E-state index contributed by atoms with van der Waals surface area (Å²) in [5, 5.41) is 3.39. The van der Waals surface area contributed by atoms with Gasteiger partial charge in [0.2, 0.25) is 0 Å². The highest BCUT2D eigenvalue weighted by molar-refractivity contribution is 4.70. The van der Waals surface area contributed by atoms with Crippen LogP contribution in [-0.2, 0) is 9.47 Å². The van der Waals surface area contributed by atoms with Crippen LogP contribution in [0.15, 0.2) is 0 Å². The third-order valence-electron chi connectivity index (χ3n) is 3.10. The molecule has 4 heteroatoms. The molecule has 0 bridgehead atoms. The summed E-state index contributed by atoms with van der Waals surface area (Å²) in [6.45, 7) is 10.2. The summed E-state index contributed by atoms with van der Waals surface area (Å²) in [6.07, 6.45) is 2.41. The molecule has 0 unspecified atom stereocenters. The largest absolute Gasteiger partial charge is 0.383 e. The molecule has 0 aromatic rings. The van der Waals surface area contributed by atoms with E-state index in [0.717, 1.165) is 39.4 Å². The Bertz CT molecular complexity index is 152. The van der Waals surface area contributed by atoms with Crippen LogP contribution in [0.5, 0.6) is 0 Å². The molecule has 0 aliphatic carbocycles. The van der Waals surface area contributed by atoms with E-state index in [9.17, 15) is 0 Å². The van der Waals surface area contributed by atoms with Gasteiger partial charge < -0.3 is 14.8 Å². The summed E-state index contributed by atoms with van der Waals surface area (Å²) in [5.41, 5.74) is 0. The first kappa shape index (κ1) is 16.8. The lowest BCUT2D eigenvalue weighted by molar-refractivity contribution is 0.115. The van der Waals surface area contributed by atoms with Crippen LogP contribution in [0.4, 0.5) is 0 Å². The average molecular weight is 246 g/mol. The summed E-state index contributed by atoms with van der Waals surface area (Å²) in [7, 11) is 3.50. The first-order chi connectivity index (χ1) is 8.29. The molecule has 0 saturated heterocycles. The Hall–Kier alpha value is -0.160. The first-order valence-electron chi connectivity index (χ1n) is 6.72. The minimum absolute atomic E-state index is 0.675. The summed E-state index contributed by atoms with van der Waals surface area (Å²) in [6, 6.07) is 0.675. The first-order valence-corrected chi connectivity index (χ1v) is 6.72. The smallest absolute Gasteiger partial charge is 0.0589 e. The van der Waals surface area contributed by atoms with Crippen LogP contribution in [0.3, 0.4) is 0 Å². The molecule has 0 amide bonds. The number of ether oxygens (including phenoxy) is 2. The van der Waals surface area contributed by atoms with E-state index in [4.69, 9.17) is 9.47 Å². The number of nitrogens with one attached hydrogen (secondary N) is 1. The van der Waals surface area contributed by atoms with E-state index < -0.39 is 0 Å². The maximum atomic E-state index is 5.17. The summed E-state index contributed by atoms with van der Waals surface area (Å²) < 4.78 is 10.2. The highest BCUT2D eigenvalue weighted by atomic mass is 16.5. The predicted octanol–water partition coefficient (Wildman–Crippen LogP) is 1.36. The molecule has 0 aliphatic heterocycles. The maximum absolute atomic E-state index is 5.17. The zero-order valence-corrected chi connectivity index (χ0v) is 12.0. The van der Waals surface area contributed by atoms with Crippen molar-refractivity contribution in [2.24, 2.45) is 0 Å². The zero-order valence-electron chi connectivity index (χ0n) is 12.0. The number of hydrogen-bond acceptors (Lipinski definition) is 4. The summed E-state index contributed by atoms with van der Waals surface area (Å²) in [5.74, 6) is 0. The van der Waals surface area contributed by atoms with Crippen LogP contribution in [0.1, 0.15) is 26.7 Å². The lowest BCUT2D eigenvalue weighted by Gasteiger charge is -2.30. The quantitative estimate of drug-likeness (QED) is 0.527. The topological polar surface area (TPSA) is 33.7 Å². The molecule has 0 aromatic carbocycles. The van der Waals surface area contributed by atoms with Gasteiger partial charge in [0.05, 0.1) is 13.2 Å². The van der Waals surface area contributed by atoms with Gasteiger partial charge in [-0.05, 0) is 12.8 Å². The van der Waals surface area contributed by atoms with Gasteiger partial charge in [-0.2, -0.15) is 0 Å². The highest BCUT2D eigenvalue weighted by Gasteiger charge is 2.13. The van der Waals surface area contributed by atoms with Gasteiger partial charge in [0, 0.05) is 46.4 Å². The number of rotatable bonds is 12. The van der Waals surface area contributed by atoms with Crippen molar-refractivity contribution in [3.8, 4) is 0 Å². The monoisotopic (exact) mass is 246 g/mol. The van der Waals surface area contributed by atoms with Crippen molar-refractivity contribution in [3.05, 3.63) is 0 Å². The van der Waals surface area contributed by atoms with Crippen molar-refractivity contribution in [3.63, 3.8) is 0 Å². The van der Waals surface area contributed by atoms with Gasteiger partial charge in [-0.3, -0.25) is 4.90 Å². The summed E-state index contributed by atoms with van der Waals surface area (Å²) in [4.78, 5) is 2.52. The fourth-order valence-corrected chi connectivity index (χ4v) is 2.01. The van der Waals surface area contributed by atoms with Crippen LogP contribution in [-0.4, -0.2) is 64.6 Å². The Morgan fingerprint density at radius 3 is 2.12 bits per heavy atom. The SMILES string of the molecule is CCC(CC)N(CCNCCOC)CCOC. The van der Waals surface area contributed by atoms with Crippen LogP contribution >= 0.6 is 0 Å². The second kappa shape index (κ2) is 12.3. The van der Waals surface area contributed by atoms with Gasteiger partial charge in [-0.15, -0.1) is 0 Å². The van der Waals surface area contributed by atoms with Gasteiger partial charge in [0.15, 0.2) is 0 Å². The number of methoxy groups -OCH3 is 2. The van der Waals surface area contributed by atoms with Gasteiger partial charge in [0.25, 0.3) is 0 Å². The van der Waals surface area contributed by atoms with E-state index in [2.05, 4.69) is 24.1 Å². The number of nitrogens with zero attached hydrogens (tertiary/aromatic N) is 1. The van der Waals surface area contributed by atoms with E-state index in [-0.39, 0.29) is 0 Å². The maximum Gasteiger partial charge on any atom is 0.0589 e. The highest BCUT2D eigenvalue weighted by Crippen LogP contribution is 2.07. The number of hydrogen-bond donors (Lipinski definition) is 1. The molecule has 0 saturated carbocycles. The van der Waals surface area contributed by atoms with Crippen molar-refractivity contribution in [2.45, 2.75) is 32.7 Å². The van der Waals surface area contributed by atoms with Crippen LogP contribution in [0.25, 0.3) is 0 Å². The molecule has 0 fully saturated rings. The minimum atomic E-state index is 0.675. The molecule has 0 heterocycles. The molecule has 0 radical (unpaired) electrons. The van der Waals surface area contributed by atoms with Crippen molar-refractivity contribution in [1.82, 2.24) is 10.2 Å². The van der Waals surface area contributed by atoms with Crippen LogP contribution < -0.4 is 5.32 Å². The Labute approximate surface area is 107 Å². The lowest BCUT2D eigenvalue weighted by atomic mass is 10.1. The van der Waals surface area contributed by atoms with E-state index in [0.29, 0.717) is 6.04 Å². The third kappa shape index (κ3) is 8.55. The van der Waals surface area contributed by atoms with Crippen LogP contribution in [0, 0.1) is 0 Å². The molecule has 0 aliphatic rings. The van der Waals surface area contributed by atoms with E-state index >= 15 is 0 Å². The molecule has 0 aromatic heterocycles. The molecule has 1 N–H and O–H groups in total. The zero-order chi connectivity index (χ0) is 12.9. The fraction of sp³-hybridized carbons (Fsp3) is 1.00. The van der Waals surface area contributed by atoms with Gasteiger partial charge in [0.1, 0.15) is 0 Å². The average Bonchev–Trinajstić information content (AvgIpc) is 2.36. The Balaban J connectivity index is 3.83. The minimum Gasteiger partial charge on any atom is -0.383 e. The molecule has 0 atom stereocenters. The second-order valence-electron chi connectivity index (χ2n) is 4.24. The van der Waals surface area contributed by atoms with Crippen molar-refractivity contribution in [1.29, 1.82) is 0 Å². The Morgan fingerprint density at radius 2 is 1.59 bits per heavy atom. The molecule has 0 rings (SSSR count). The third-order valence-corrected chi connectivity index (χ3v) is 3.10. The van der Waals surface area contributed by atoms with Gasteiger partial charge in [-0.25, -0.2) is 0 Å². The Morgan fingerprint density at radius 1 is 0.941 bits per heavy atom. The molecule has 0 spiro atoms. The standard InChI is InChI=1S/C13H30N2O2/c1-5-13(6-2)15(10-12-17-4)9-7-14-8-11-16-3/h13-14H,5-12H2,1-4H3. The van der Waals surface area contributed by atoms with Gasteiger partial charge >= 0.3 is 0 Å². The van der Waals surface area contributed by atoms with E-state index in [1.807, 2.05) is 0 Å². The van der Waals surface area contributed by atoms with Crippen LogP contribution in [0.2, 0.25) is 0 Å². The van der Waals surface area contributed by atoms with Crippen molar-refractivity contribution >= 4 is 0 Å². The fourth-order valence-electron chi connectivity index (χ4n) is 2.01. The second-order valence-corrected chi connectivity index (χ2v) is 4.24. The van der Waals surface area contributed by atoms with E-state index in [1.165, 1.54) is 12.8 Å². The van der Waals surface area contributed by atoms with Gasteiger partial charge in [-0.1, -0.05) is 13.8 Å². The van der Waals surface area contributed by atoms with Crippen molar-refractivity contribution < 1.29 is 9.47 Å². The van der Waals surface area contributed by atoms with Crippen molar-refractivity contribution in [2.75, 3.05) is 53.6 Å². The molecular formula is C13H30N2O2. The normalized spacial score (nSPS) is 11.6. The molecular weight excluding hydrogens is 216 g/mol. The predicted molar refractivity (Wildman–Crippen MR) is 72.6 cm³/mol. The Kier molecular flexibility index (Phi) is 12.2. The summed E-state index contributed by atoms with van der Waals surface area (Å²) >= 11 is 0. The molecule has 104 valence electrons.